The predicted molar refractivity (Wildman–Crippen MR) is 123 cm³/mol. The Bertz CT molecular complexity index is 1180. The standard InChI is InChI=1S/C23H24ClF2N5O3/c1-12-21(24)13(2)29-22(28-12)16-8-30(9-17(16)27)23(33)15-4-3-14(26)7-20(15)34-11-19-18(10-32)31(19)6-5-25/h3-4,7,10,19,32H,5-6,8-9,11,27H2,1-2H3/b18-10+. The normalized spacial score (nSPS) is 18.7. The quantitative estimate of drug-likeness (QED) is 0.453. The monoisotopic (exact) mass is 491 g/mol. The Morgan fingerprint density at radius 3 is 2.68 bits per heavy atom. The van der Waals surface area contributed by atoms with Gasteiger partial charge in [0.1, 0.15) is 37.2 Å². The molecule has 1 saturated heterocycles. The predicted octanol–water partition coefficient (Wildman–Crippen LogP) is 3.14. The molecule has 0 aliphatic carbocycles. The maximum Gasteiger partial charge on any atom is 0.258 e. The molecule has 1 aromatic heterocycles. The Kier molecular flexibility index (Phi) is 6.60. The van der Waals surface area contributed by atoms with Gasteiger partial charge in [-0.1, -0.05) is 11.6 Å². The fourth-order valence-corrected chi connectivity index (χ4v) is 4.07. The molecular formula is C23H24ClF2N5O3. The molecule has 2 aliphatic heterocycles. The van der Waals surface area contributed by atoms with Crippen LogP contribution in [-0.2, 0) is 0 Å². The van der Waals surface area contributed by atoms with E-state index in [9.17, 15) is 18.7 Å². The third kappa shape index (κ3) is 4.50. The highest BCUT2D eigenvalue weighted by atomic mass is 35.5. The van der Waals surface area contributed by atoms with Crippen LogP contribution in [0.25, 0.3) is 5.57 Å². The van der Waals surface area contributed by atoms with Crippen molar-refractivity contribution in [3.05, 3.63) is 69.5 Å². The van der Waals surface area contributed by atoms with Crippen molar-refractivity contribution in [1.29, 1.82) is 0 Å². The lowest BCUT2D eigenvalue weighted by Crippen LogP contribution is -2.30. The molecule has 8 nitrogen and oxygen atoms in total. The number of aliphatic hydroxyl groups is 1. The third-order valence-electron chi connectivity index (χ3n) is 5.85. The smallest absolute Gasteiger partial charge is 0.258 e. The number of aromatic nitrogens is 2. The van der Waals surface area contributed by atoms with Crippen molar-refractivity contribution in [2.75, 3.05) is 32.9 Å². The largest absolute Gasteiger partial charge is 0.514 e. The van der Waals surface area contributed by atoms with E-state index in [1.165, 1.54) is 17.0 Å². The van der Waals surface area contributed by atoms with Crippen molar-refractivity contribution < 1.29 is 23.4 Å². The molecule has 11 heteroatoms. The lowest BCUT2D eigenvalue weighted by Gasteiger charge is -2.19. The van der Waals surface area contributed by atoms with Crippen LogP contribution in [0.4, 0.5) is 8.78 Å². The summed E-state index contributed by atoms with van der Waals surface area (Å²) in [7, 11) is 0. The summed E-state index contributed by atoms with van der Waals surface area (Å²) in [6.07, 6.45) is 0.893. The van der Waals surface area contributed by atoms with E-state index in [2.05, 4.69) is 9.97 Å². The van der Waals surface area contributed by atoms with Crippen LogP contribution in [0.2, 0.25) is 5.02 Å². The minimum atomic E-state index is -0.584. The maximum atomic E-state index is 14.0. The number of hydrogen-bond donors (Lipinski definition) is 2. The number of nitrogens with zero attached hydrogens (tertiary/aromatic N) is 4. The summed E-state index contributed by atoms with van der Waals surface area (Å²) in [6, 6.07) is 3.31. The first kappa shape index (κ1) is 23.7. The van der Waals surface area contributed by atoms with Crippen LogP contribution in [0.5, 0.6) is 5.75 Å². The summed E-state index contributed by atoms with van der Waals surface area (Å²) in [5.41, 5.74) is 9.20. The van der Waals surface area contributed by atoms with Gasteiger partial charge in [-0.05, 0) is 26.0 Å². The van der Waals surface area contributed by atoms with E-state index in [1.54, 1.807) is 18.7 Å². The number of nitrogens with two attached hydrogens (primary N) is 1. The van der Waals surface area contributed by atoms with Crippen molar-refractivity contribution in [2.24, 2.45) is 5.73 Å². The van der Waals surface area contributed by atoms with Crippen molar-refractivity contribution in [3.63, 3.8) is 0 Å². The molecular weight excluding hydrogens is 468 g/mol. The van der Waals surface area contributed by atoms with Gasteiger partial charge in [0.05, 0.1) is 40.8 Å². The van der Waals surface area contributed by atoms with Gasteiger partial charge in [-0.15, -0.1) is 0 Å². The zero-order chi connectivity index (χ0) is 24.6. The van der Waals surface area contributed by atoms with Crippen LogP contribution < -0.4 is 10.5 Å². The highest BCUT2D eigenvalue weighted by molar-refractivity contribution is 6.31. The molecule has 0 saturated carbocycles. The van der Waals surface area contributed by atoms with Crippen LogP contribution in [0.15, 0.2) is 35.9 Å². The van der Waals surface area contributed by atoms with Gasteiger partial charge in [0.2, 0.25) is 0 Å². The van der Waals surface area contributed by atoms with Gasteiger partial charge in [-0.25, -0.2) is 18.7 Å². The van der Waals surface area contributed by atoms with Crippen LogP contribution in [0, 0.1) is 19.7 Å². The third-order valence-corrected chi connectivity index (χ3v) is 6.39. The van der Waals surface area contributed by atoms with Crippen LogP contribution >= 0.6 is 11.6 Å². The first-order chi connectivity index (χ1) is 16.2. The van der Waals surface area contributed by atoms with Gasteiger partial charge in [0.15, 0.2) is 5.82 Å². The minimum Gasteiger partial charge on any atom is -0.514 e. The van der Waals surface area contributed by atoms with E-state index in [1.807, 2.05) is 0 Å². The zero-order valence-electron chi connectivity index (χ0n) is 18.7. The average molecular weight is 492 g/mol. The summed E-state index contributed by atoms with van der Waals surface area (Å²) in [5.74, 6) is -0.505. The maximum absolute atomic E-state index is 14.0. The molecule has 0 radical (unpaired) electrons. The summed E-state index contributed by atoms with van der Waals surface area (Å²) in [6.45, 7) is 3.42. The lowest BCUT2D eigenvalue weighted by atomic mass is 10.1. The van der Waals surface area contributed by atoms with Crippen molar-refractivity contribution >= 4 is 23.1 Å². The SMILES string of the molecule is Cc1nc(C2=C(N)CN(C(=O)c3ccc(F)cc3OCC3/C(=C\O)N3CCF)C2)nc(C)c1Cl. The van der Waals surface area contributed by atoms with Crippen molar-refractivity contribution in [2.45, 2.75) is 19.9 Å². The molecule has 2 aromatic rings. The number of rotatable bonds is 7. The first-order valence-corrected chi connectivity index (χ1v) is 11.0. The molecule has 2 aliphatic rings. The second-order valence-electron chi connectivity index (χ2n) is 8.10. The molecule has 3 N–H and O–H groups in total. The second-order valence-corrected chi connectivity index (χ2v) is 8.48. The lowest BCUT2D eigenvalue weighted by molar-refractivity contribution is 0.0794. The molecule has 34 heavy (non-hydrogen) atoms. The van der Waals surface area contributed by atoms with Crippen molar-refractivity contribution in [1.82, 2.24) is 19.8 Å². The number of carbonyl (C=O) groups is 1. The van der Waals surface area contributed by atoms with Gasteiger partial charge in [-0.3, -0.25) is 4.79 Å². The highest BCUT2D eigenvalue weighted by Crippen LogP contribution is 2.34. The molecule has 1 atom stereocenters. The van der Waals surface area contributed by atoms with E-state index in [-0.39, 0.29) is 43.6 Å². The molecule has 180 valence electrons. The highest BCUT2D eigenvalue weighted by Gasteiger charge is 2.41. The molecule has 0 spiro atoms. The fraction of sp³-hybridized carbons (Fsp3) is 0.348. The fourth-order valence-electron chi connectivity index (χ4n) is 3.99. The van der Waals surface area contributed by atoms with Gasteiger partial charge in [0, 0.05) is 23.9 Å². The summed E-state index contributed by atoms with van der Waals surface area (Å²) in [4.78, 5) is 25.2. The number of hydrogen-bond acceptors (Lipinski definition) is 7. The Labute approximate surface area is 200 Å². The molecule has 1 unspecified atom stereocenters. The van der Waals surface area contributed by atoms with Crippen LogP contribution in [0.1, 0.15) is 27.6 Å². The number of alkyl halides is 1. The minimum absolute atomic E-state index is 0.0267. The van der Waals surface area contributed by atoms with Gasteiger partial charge in [-0.2, -0.15) is 0 Å². The Hall–Kier alpha value is -3.40. The van der Waals surface area contributed by atoms with Gasteiger partial charge in [0.25, 0.3) is 5.91 Å². The summed E-state index contributed by atoms with van der Waals surface area (Å²) < 4.78 is 32.3. The number of aryl methyl sites for hydroxylation is 2. The Balaban J connectivity index is 1.51. The number of carbonyl (C=O) groups excluding carboxylic acids is 1. The average Bonchev–Trinajstić information content (AvgIpc) is 3.33. The van der Waals surface area contributed by atoms with Gasteiger partial charge < -0.3 is 25.4 Å². The van der Waals surface area contributed by atoms with E-state index in [0.29, 0.717) is 39.2 Å². The molecule has 0 bridgehead atoms. The first-order valence-electron chi connectivity index (χ1n) is 10.6. The van der Waals surface area contributed by atoms with E-state index in [0.717, 1.165) is 12.3 Å². The van der Waals surface area contributed by atoms with E-state index < -0.39 is 18.4 Å². The van der Waals surface area contributed by atoms with Gasteiger partial charge >= 0.3 is 0 Å². The number of amides is 1. The summed E-state index contributed by atoms with van der Waals surface area (Å²) >= 11 is 6.16. The van der Waals surface area contributed by atoms with Crippen LogP contribution in [-0.4, -0.2) is 69.7 Å². The Morgan fingerprint density at radius 2 is 2.03 bits per heavy atom. The van der Waals surface area contributed by atoms with E-state index >= 15 is 0 Å². The van der Waals surface area contributed by atoms with E-state index in [4.69, 9.17) is 22.1 Å². The molecule has 1 aromatic carbocycles. The zero-order valence-corrected chi connectivity index (χ0v) is 19.4. The molecule has 1 fully saturated rings. The topological polar surface area (TPSA) is 105 Å². The summed E-state index contributed by atoms with van der Waals surface area (Å²) in [5, 5.41) is 9.73. The molecule has 3 heterocycles. The number of halogens is 3. The number of benzene rings is 1. The Morgan fingerprint density at radius 1 is 1.32 bits per heavy atom. The number of aliphatic hydroxyl groups excluding tert-OH is 1. The molecule has 4 rings (SSSR count). The molecule has 1 amide bonds. The second kappa shape index (κ2) is 9.46. The van der Waals surface area contributed by atoms with Crippen molar-refractivity contribution in [3.8, 4) is 5.75 Å². The van der Waals surface area contributed by atoms with Crippen LogP contribution in [0.3, 0.4) is 0 Å². The number of ether oxygens (including phenoxy) is 1.